The number of hydrogen-bond donors (Lipinski definition) is 0. The van der Waals surface area contributed by atoms with Crippen LogP contribution in [0.2, 0.25) is 0 Å². The molecule has 0 spiro atoms. The molecule has 1 heterocycles. The average molecular weight is 878 g/mol. The molecule has 1 saturated heterocycles. The van der Waals surface area contributed by atoms with Crippen LogP contribution in [0.3, 0.4) is 0 Å². The van der Waals surface area contributed by atoms with E-state index in [0.717, 1.165) is 96.6 Å². The van der Waals surface area contributed by atoms with Crippen LogP contribution in [-0.2, 0) is 38.0 Å². The molecule has 0 aromatic carbocycles. The predicted molar refractivity (Wildman–Crippen MR) is 253 cm³/mol. The highest BCUT2D eigenvalue weighted by atomic mass is 16.7. The lowest BCUT2D eigenvalue weighted by molar-refractivity contribution is -0.161. The number of likely N-dealkylation sites (tertiary alicyclic amines) is 1. The number of nitrogens with zero attached hydrogens (tertiary/aromatic N) is 1. The minimum atomic E-state index is -0.764. The summed E-state index contributed by atoms with van der Waals surface area (Å²) < 4.78 is 34.3. The molecule has 10 heteroatoms. The predicted octanol–water partition coefficient (Wildman–Crippen LogP) is 13.8. The van der Waals surface area contributed by atoms with E-state index in [2.05, 4.69) is 56.9 Å². The zero-order valence-electron chi connectivity index (χ0n) is 40.5. The zero-order chi connectivity index (χ0) is 45.0. The summed E-state index contributed by atoms with van der Waals surface area (Å²) in [6.45, 7) is 12.5. The molecule has 0 aromatic rings. The van der Waals surface area contributed by atoms with Crippen molar-refractivity contribution in [1.82, 2.24) is 4.90 Å². The number of esters is 2. The Kier molecular flexibility index (Phi) is 40.7. The molecule has 0 N–H and O–H groups in total. The monoisotopic (exact) mass is 878 g/mol. The first-order valence-electron chi connectivity index (χ1n) is 25.8. The number of carbonyl (C=O) groups is 3. The largest absolute Gasteiger partial charge is 0.508 e. The second kappa shape index (κ2) is 43.8. The van der Waals surface area contributed by atoms with Crippen molar-refractivity contribution < 1.29 is 42.8 Å². The lowest BCUT2D eigenvalue weighted by Gasteiger charge is -2.23. The number of unbranched alkanes of at least 4 members (excludes halogenated alkanes) is 18. The van der Waals surface area contributed by atoms with Crippen molar-refractivity contribution in [3.63, 3.8) is 0 Å². The maximum atomic E-state index is 13.0. The molecule has 0 radical (unpaired) electrons. The summed E-state index contributed by atoms with van der Waals surface area (Å²) in [6, 6.07) is 0.463. The molecule has 1 rings (SSSR count). The van der Waals surface area contributed by atoms with Crippen molar-refractivity contribution >= 4 is 18.1 Å². The average Bonchev–Trinajstić information content (AvgIpc) is 3.83. The fraction of sp³-hybridized carbons (Fsp3) is 0.865. The SMILES string of the molecule is CCCCC/C=C\C/C=C\CCCCCCCC(=O)OCC(COC(=O)CCC(OCCCCCCCC)OCCCCCCCC)COC(=O)OCCCC(C)N1CCCC1. The first kappa shape index (κ1) is 57.6. The van der Waals surface area contributed by atoms with Gasteiger partial charge in [-0.2, -0.15) is 0 Å². The molecule has 2 unspecified atom stereocenters. The summed E-state index contributed by atoms with van der Waals surface area (Å²) in [5.41, 5.74) is 0. The van der Waals surface area contributed by atoms with Gasteiger partial charge >= 0.3 is 18.1 Å². The summed E-state index contributed by atoms with van der Waals surface area (Å²) in [5.74, 6) is -1.20. The van der Waals surface area contributed by atoms with E-state index in [0.29, 0.717) is 32.1 Å². The van der Waals surface area contributed by atoms with Crippen LogP contribution in [0.5, 0.6) is 0 Å². The molecule has 0 amide bonds. The Morgan fingerprint density at radius 3 is 1.58 bits per heavy atom. The van der Waals surface area contributed by atoms with Gasteiger partial charge in [-0.25, -0.2) is 4.79 Å². The fourth-order valence-electron chi connectivity index (χ4n) is 7.56. The van der Waals surface area contributed by atoms with E-state index < -0.39 is 24.3 Å². The van der Waals surface area contributed by atoms with Crippen molar-refractivity contribution in [3.8, 4) is 0 Å². The van der Waals surface area contributed by atoms with Crippen LogP contribution in [-0.4, -0.2) is 88.1 Å². The summed E-state index contributed by atoms with van der Waals surface area (Å²) in [5, 5.41) is 0. The molecule has 1 fully saturated rings. The third-order valence-electron chi connectivity index (χ3n) is 11.7. The Balaban J connectivity index is 2.53. The molecule has 1 aliphatic heterocycles. The Morgan fingerprint density at radius 2 is 0.984 bits per heavy atom. The van der Waals surface area contributed by atoms with Gasteiger partial charge in [-0.1, -0.05) is 141 Å². The van der Waals surface area contributed by atoms with Crippen molar-refractivity contribution in [2.45, 2.75) is 233 Å². The van der Waals surface area contributed by atoms with Crippen LogP contribution < -0.4 is 0 Å². The van der Waals surface area contributed by atoms with Gasteiger partial charge in [-0.15, -0.1) is 0 Å². The number of hydrogen-bond acceptors (Lipinski definition) is 10. The van der Waals surface area contributed by atoms with Gasteiger partial charge in [0, 0.05) is 32.1 Å². The minimum Gasteiger partial charge on any atom is -0.465 e. The van der Waals surface area contributed by atoms with E-state index in [-0.39, 0.29) is 38.8 Å². The third-order valence-corrected chi connectivity index (χ3v) is 11.7. The Bertz CT molecular complexity index is 1070. The number of ether oxygens (including phenoxy) is 6. The summed E-state index contributed by atoms with van der Waals surface area (Å²) in [6.07, 6.45) is 39.3. The number of rotatable bonds is 44. The first-order chi connectivity index (χ1) is 30.4. The third kappa shape index (κ3) is 37.0. The zero-order valence-corrected chi connectivity index (χ0v) is 40.5. The molecule has 0 aromatic heterocycles. The highest BCUT2D eigenvalue weighted by Crippen LogP contribution is 2.16. The van der Waals surface area contributed by atoms with Crippen molar-refractivity contribution in [2.75, 3.05) is 52.7 Å². The fourth-order valence-corrected chi connectivity index (χ4v) is 7.56. The van der Waals surface area contributed by atoms with Crippen LogP contribution in [0, 0.1) is 5.92 Å². The van der Waals surface area contributed by atoms with E-state index in [1.165, 1.54) is 89.9 Å². The highest BCUT2D eigenvalue weighted by molar-refractivity contribution is 5.69. The van der Waals surface area contributed by atoms with E-state index in [9.17, 15) is 14.4 Å². The van der Waals surface area contributed by atoms with Gasteiger partial charge in [-0.05, 0) is 97.1 Å². The van der Waals surface area contributed by atoms with Crippen molar-refractivity contribution in [3.05, 3.63) is 24.3 Å². The molecule has 0 saturated carbocycles. The number of allylic oxidation sites excluding steroid dienone is 4. The molecule has 362 valence electrons. The summed E-state index contributed by atoms with van der Waals surface area (Å²) >= 11 is 0. The molecule has 2 atom stereocenters. The summed E-state index contributed by atoms with van der Waals surface area (Å²) in [7, 11) is 0. The summed E-state index contributed by atoms with van der Waals surface area (Å²) in [4.78, 5) is 40.7. The second-order valence-corrected chi connectivity index (χ2v) is 17.6. The van der Waals surface area contributed by atoms with E-state index in [1.54, 1.807) is 0 Å². The molecule has 0 bridgehead atoms. The van der Waals surface area contributed by atoms with Crippen LogP contribution >= 0.6 is 0 Å². The van der Waals surface area contributed by atoms with Gasteiger partial charge in [0.2, 0.25) is 0 Å². The van der Waals surface area contributed by atoms with Gasteiger partial charge in [0.1, 0.15) is 19.8 Å². The van der Waals surface area contributed by atoms with Gasteiger partial charge in [0.05, 0.1) is 18.9 Å². The standard InChI is InChI=1S/C52H95NO9/c1-5-8-11-14-17-18-19-20-21-22-23-24-25-26-29-36-49(54)60-44-48(46-62-52(56)59-43-34-35-47(4)53-39-30-31-40-53)45-61-50(55)37-38-51(57-41-32-27-15-12-9-6-2)58-42-33-28-16-13-10-7-3/h17-18,20-21,47-48,51H,5-16,19,22-46H2,1-4H3/b18-17-,21-20-. The maximum Gasteiger partial charge on any atom is 0.508 e. The van der Waals surface area contributed by atoms with Crippen LogP contribution in [0.25, 0.3) is 0 Å². The topological polar surface area (TPSA) is 110 Å². The quantitative estimate of drug-likeness (QED) is 0.0193. The Morgan fingerprint density at radius 1 is 0.500 bits per heavy atom. The molecule has 0 aliphatic carbocycles. The Hall–Kier alpha value is -2.43. The first-order valence-corrected chi connectivity index (χ1v) is 25.8. The molecular formula is C52H95NO9. The van der Waals surface area contributed by atoms with E-state index >= 15 is 0 Å². The van der Waals surface area contributed by atoms with Gasteiger partial charge in [0.15, 0.2) is 6.29 Å². The van der Waals surface area contributed by atoms with Gasteiger partial charge in [-0.3, -0.25) is 9.59 Å². The van der Waals surface area contributed by atoms with Crippen LogP contribution in [0.1, 0.15) is 220 Å². The van der Waals surface area contributed by atoms with Gasteiger partial charge in [0.25, 0.3) is 0 Å². The molecule has 10 nitrogen and oxygen atoms in total. The highest BCUT2D eigenvalue weighted by Gasteiger charge is 2.21. The van der Waals surface area contributed by atoms with Crippen molar-refractivity contribution in [2.24, 2.45) is 5.92 Å². The van der Waals surface area contributed by atoms with Crippen LogP contribution in [0.4, 0.5) is 4.79 Å². The minimum absolute atomic E-state index is 0.0155. The lowest BCUT2D eigenvalue weighted by Crippen LogP contribution is -2.30. The molecule has 62 heavy (non-hydrogen) atoms. The van der Waals surface area contributed by atoms with Crippen molar-refractivity contribution in [1.29, 1.82) is 0 Å². The molecular weight excluding hydrogens is 783 g/mol. The van der Waals surface area contributed by atoms with E-state index in [4.69, 9.17) is 28.4 Å². The molecule has 1 aliphatic rings. The number of carbonyl (C=O) groups excluding carboxylic acids is 3. The lowest BCUT2D eigenvalue weighted by atomic mass is 10.1. The Labute approximate surface area is 380 Å². The normalized spacial score (nSPS) is 14.3. The van der Waals surface area contributed by atoms with E-state index in [1.807, 2.05) is 0 Å². The maximum absolute atomic E-state index is 13.0. The second-order valence-electron chi connectivity index (χ2n) is 17.6. The van der Waals surface area contributed by atoms with Crippen LogP contribution in [0.15, 0.2) is 24.3 Å². The van der Waals surface area contributed by atoms with Gasteiger partial charge < -0.3 is 33.3 Å². The smallest absolute Gasteiger partial charge is 0.465 e.